The molecule has 6 nitrogen and oxygen atoms in total. The van der Waals surface area contributed by atoms with Crippen molar-refractivity contribution in [3.8, 4) is 0 Å². The molecule has 4 unspecified atom stereocenters. The zero-order valence-corrected chi connectivity index (χ0v) is 13.2. The fourth-order valence-corrected chi connectivity index (χ4v) is 4.02. The molecular formula is C15H19NO5S. The van der Waals surface area contributed by atoms with Crippen LogP contribution in [0.1, 0.15) is 18.6 Å². The van der Waals surface area contributed by atoms with Crippen molar-refractivity contribution in [2.24, 2.45) is 0 Å². The van der Waals surface area contributed by atoms with E-state index in [0.717, 1.165) is 5.56 Å². The van der Waals surface area contributed by atoms with Crippen LogP contribution < -0.4 is 0 Å². The normalized spacial score (nSPS) is 33.0. The van der Waals surface area contributed by atoms with Crippen LogP contribution >= 0.6 is 0 Å². The first kappa shape index (κ1) is 14.6. The van der Waals surface area contributed by atoms with Gasteiger partial charge < -0.3 is 14.2 Å². The largest absolute Gasteiger partial charge is 0.372 e. The van der Waals surface area contributed by atoms with E-state index in [1.54, 1.807) is 12.1 Å². The van der Waals surface area contributed by atoms with Gasteiger partial charge in [0.2, 0.25) is 10.0 Å². The highest BCUT2D eigenvalue weighted by molar-refractivity contribution is 7.89. The van der Waals surface area contributed by atoms with E-state index in [9.17, 15) is 8.42 Å². The van der Waals surface area contributed by atoms with E-state index in [1.165, 1.54) is 4.31 Å². The third-order valence-electron chi connectivity index (χ3n) is 4.25. The third kappa shape index (κ3) is 3.04. The molecule has 0 radical (unpaired) electrons. The van der Waals surface area contributed by atoms with Gasteiger partial charge >= 0.3 is 0 Å². The quantitative estimate of drug-likeness (QED) is 0.697. The summed E-state index contributed by atoms with van der Waals surface area (Å²) in [6, 6.07) is 6.97. The van der Waals surface area contributed by atoms with Crippen molar-refractivity contribution in [2.45, 2.75) is 36.2 Å². The first-order valence-electron chi connectivity index (χ1n) is 7.53. The summed E-state index contributed by atoms with van der Waals surface area (Å²) in [5, 5.41) is 0. The van der Waals surface area contributed by atoms with Crippen molar-refractivity contribution in [1.82, 2.24) is 4.31 Å². The number of benzene rings is 1. The van der Waals surface area contributed by atoms with Crippen LogP contribution in [-0.4, -0.2) is 57.3 Å². The van der Waals surface area contributed by atoms with Crippen molar-refractivity contribution < 1.29 is 22.6 Å². The van der Waals surface area contributed by atoms with E-state index in [2.05, 4.69) is 0 Å². The first-order chi connectivity index (χ1) is 10.5. The Morgan fingerprint density at radius 3 is 2.27 bits per heavy atom. The summed E-state index contributed by atoms with van der Waals surface area (Å²) in [5.41, 5.74) is 1.02. The Balaban J connectivity index is 1.54. The van der Waals surface area contributed by atoms with Crippen molar-refractivity contribution >= 4 is 10.0 Å². The molecule has 0 saturated carbocycles. The molecule has 1 aromatic rings. The van der Waals surface area contributed by atoms with Crippen molar-refractivity contribution in [2.75, 3.05) is 26.3 Å². The topological polar surface area (TPSA) is 75.0 Å². The average molecular weight is 325 g/mol. The summed E-state index contributed by atoms with van der Waals surface area (Å²) in [4.78, 5) is 0.311. The monoisotopic (exact) mass is 325 g/mol. The van der Waals surface area contributed by atoms with Gasteiger partial charge in [0.1, 0.15) is 6.10 Å². The van der Waals surface area contributed by atoms with Crippen LogP contribution in [0.4, 0.5) is 0 Å². The van der Waals surface area contributed by atoms with Crippen LogP contribution in [0.15, 0.2) is 29.2 Å². The lowest BCUT2D eigenvalue weighted by atomic mass is 10.2. The van der Waals surface area contributed by atoms with E-state index in [-0.39, 0.29) is 24.4 Å². The molecular weight excluding hydrogens is 306 g/mol. The van der Waals surface area contributed by atoms with Crippen molar-refractivity contribution in [1.29, 1.82) is 0 Å². The lowest BCUT2D eigenvalue weighted by Crippen LogP contribution is -2.37. The molecule has 4 rings (SSSR count). The second kappa shape index (κ2) is 5.28. The van der Waals surface area contributed by atoms with Gasteiger partial charge in [0.25, 0.3) is 0 Å². The molecule has 1 aromatic carbocycles. The highest BCUT2D eigenvalue weighted by Crippen LogP contribution is 2.31. The second-order valence-electron chi connectivity index (χ2n) is 6.05. The van der Waals surface area contributed by atoms with Gasteiger partial charge in [-0.25, -0.2) is 8.42 Å². The fraction of sp³-hybridized carbons (Fsp3) is 0.600. The van der Waals surface area contributed by atoms with Crippen LogP contribution in [0.25, 0.3) is 0 Å². The first-order valence-corrected chi connectivity index (χ1v) is 8.97. The molecule has 0 aliphatic carbocycles. The fourth-order valence-electron chi connectivity index (χ4n) is 2.54. The summed E-state index contributed by atoms with van der Waals surface area (Å²) in [7, 11) is -3.52. The van der Waals surface area contributed by atoms with Gasteiger partial charge in [0, 0.05) is 13.1 Å². The SMILES string of the molecule is CC1OC1CN(CC1CO1)S(=O)(=O)c1ccc(C2CO2)cc1. The van der Waals surface area contributed by atoms with E-state index >= 15 is 0 Å². The number of epoxide rings is 3. The smallest absolute Gasteiger partial charge is 0.243 e. The van der Waals surface area contributed by atoms with E-state index < -0.39 is 10.0 Å². The van der Waals surface area contributed by atoms with Gasteiger partial charge in [-0.2, -0.15) is 4.31 Å². The minimum atomic E-state index is -3.52. The summed E-state index contributed by atoms with van der Waals surface area (Å²) < 4.78 is 43.0. The van der Waals surface area contributed by atoms with Crippen LogP contribution in [0.5, 0.6) is 0 Å². The van der Waals surface area contributed by atoms with Gasteiger partial charge in [0.05, 0.1) is 36.4 Å². The predicted octanol–water partition coefficient (Wildman–Crippen LogP) is 0.935. The predicted molar refractivity (Wildman–Crippen MR) is 78.0 cm³/mol. The lowest BCUT2D eigenvalue weighted by Gasteiger charge is -2.20. The van der Waals surface area contributed by atoms with E-state index in [0.29, 0.717) is 31.2 Å². The molecule has 7 heteroatoms. The highest BCUT2D eigenvalue weighted by atomic mass is 32.2. The van der Waals surface area contributed by atoms with Crippen LogP contribution in [0, 0.1) is 0 Å². The molecule has 4 atom stereocenters. The number of nitrogens with zero attached hydrogens (tertiary/aromatic N) is 1. The molecule has 0 spiro atoms. The Hall–Kier alpha value is -0.990. The average Bonchev–Trinajstić information content (AvgIpc) is 3.31. The van der Waals surface area contributed by atoms with Gasteiger partial charge in [-0.15, -0.1) is 0 Å². The zero-order valence-electron chi connectivity index (χ0n) is 12.3. The number of ether oxygens (including phenoxy) is 3. The summed E-state index contributed by atoms with van der Waals surface area (Å²) >= 11 is 0. The number of sulfonamides is 1. The molecule has 22 heavy (non-hydrogen) atoms. The Morgan fingerprint density at radius 2 is 1.77 bits per heavy atom. The Bertz CT molecular complexity index is 651. The summed E-state index contributed by atoms with van der Waals surface area (Å²) in [6.45, 7) is 4.08. The Labute approximate surface area is 130 Å². The van der Waals surface area contributed by atoms with Crippen LogP contribution in [0.3, 0.4) is 0 Å². The molecule has 3 aliphatic rings. The van der Waals surface area contributed by atoms with E-state index in [4.69, 9.17) is 14.2 Å². The molecule has 0 bridgehead atoms. The maximum atomic E-state index is 12.8. The molecule has 0 N–H and O–H groups in total. The molecule has 3 saturated heterocycles. The lowest BCUT2D eigenvalue weighted by molar-refractivity contribution is 0.300. The third-order valence-corrected chi connectivity index (χ3v) is 6.10. The van der Waals surface area contributed by atoms with Crippen LogP contribution in [-0.2, 0) is 24.2 Å². The molecule has 3 fully saturated rings. The number of hydrogen-bond donors (Lipinski definition) is 0. The molecule has 120 valence electrons. The molecule has 0 aromatic heterocycles. The van der Waals surface area contributed by atoms with Gasteiger partial charge in [-0.3, -0.25) is 0 Å². The Kier molecular flexibility index (Phi) is 3.50. The highest BCUT2D eigenvalue weighted by Gasteiger charge is 2.41. The van der Waals surface area contributed by atoms with Crippen molar-refractivity contribution in [3.63, 3.8) is 0 Å². The summed E-state index contributed by atoms with van der Waals surface area (Å²) in [5.74, 6) is 0. The Morgan fingerprint density at radius 1 is 1.14 bits per heavy atom. The molecule has 3 heterocycles. The van der Waals surface area contributed by atoms with Gasteiger partial charge in [0.15, 0.2) is 0 Å². The summed E-state index contributed by atoms with van der Waals surface area (Å²) in [6.07, 6.45) is 0.274. The molecule has 0 amide bonds. The van der Waals surface area contributed by atoms with E-state index in [1.807, 2.05) is 19.1 Å². The minimum absolute atomic E-state index is 0.00679. The standard InChI is InChI=1S/C15H19NO5S/c1-10-14(21-10)7-16(6-12-8-19-12)22(17,18)13-4-2-11(3-5-13)15-9-20-15/h2-5,10,12,14-15H,6-9H2,1H3. The number of hydrogen-bond acceptors (Lipinski definition) is 5. The van der Waals surface area contributed by atoms with Gasteiger partial charge in [-0.05, 0) is 24.6 Å². The van der Waals surface area contributed by atoms with Gasteiger partial charge in [-0.1, -0.05) is 12.1 Å². The zero-order chi connectivity index (χ0) is 15.3. The number of rotatable bonds is 7. The minimum Gasteiger partial charge on any atom is -0.372 e. The van der Waals surface area contributed by atoms with Crippen LogP contribution in [0.2, 0.25) is 0 Å². The second-order valence-corrected chi connectivity index (χ2v) is 7.99. The maximum absolute atomic E-state index is 12.8. The molecule has 3 aliphatic heterocycles. The van der Waals surface area contributed by atoms with Crippen molar-refractivity contribution in [3.05, 3.63) is 29.8 Å². The maximum Gasteiger partial charge on any atom is 0.243 e.